The monoisotopic (exact) mass is 386 g/mol. The fourth-order valence-electron chi connectivity index (χ4n) is 3.41. The van der Waals surface area contributed by atoms with E-state index in [2.05, 4.69) is 20.2 Å². The Bertz CT molecular complexity index is 699. The number of nitrogens with zero attached hydrogens (tertiary/aromatic N) is 3. The Morgan fingerprint density at radius 1 is 1.21 bits per heavy atom. The molecule has 0 radical (unpaired) electrons. The molecule has 0 amide bonds. The van der Waals surface area contributed by atoms with E-state index in [1.165, 1.54) is 0 Å². The zero-order valence-electron chi connectivity index (χ0n) is 16.5. The molecule has 0 saturated carbocycles. The summed E-state index contributed by atoms with van der Waals surface area (Å²) in [6.07, 6.45) is 6.81. The van der Waals surface area contributed by atoms with Gasteiger partial charge < -0.3 is 24.8 Å². The second kappa shape index (κ2) is 10.4. The number of ether oxygens (including phenoxy) is 2. The number of anilines is 1. The lowest BCUT2D eigenvalue weighted by Crippen LogP contribution is -2.53. The minimum Gasteiger partial charge on any atom is -0.491 e. The normalized spacial score (nSPS) is 19.6. The Labute approximate surface area is 166 Å². The number of aliphatic hydroxyl groups is 1. The first-order chi connectivity index (χ1) is 13.7. The maximum atomic E-state index is 11.0. The van der Waals surface area contributed by atoms with Gasteiger partial charge in [0.2, 0.25) is 0 Å². The van der Waals surface area contributed by atoms with Crippen LogP contribution < -0.4 is 15.0 Å². The largest absolute Gasteiger partial charge is 0.491 e. The fourth-order valence-corrected chi connectivity index (χ4v) is 3.41. The zero-order valence-corrected chi connectivity index (χ0v) is 16.5. The van der Waals surface area contributed by atoms with E-state index in [-0.39, 0.29) is 0 Å². The number of aromatic nitrogens is 2. The average molecular weight is 386 g/mol. The SMILES string of the molecule is CCOCCOc1ccc(CNC[C@]2(O)CCCN(c3cnccn3)C2)cc1. The first-order valence-electron chi connectivity index (χ1n) is 9.92. The van der Waals surface area contributed by atoms with Gasteiger partial charge in [-0.1, -0.05) is 12.1 Å². The molecule has 1 fully saturated rings. The van der Waals surface area contributed by atoms with Crippen LogP contribution in [0.2, 0.25) is 0 Å². The van der Waals surface area contributed by atoms with Crippen LogP contribution in [0.1, 0.15) is 25.3 Å². The van der Waals surface area contributed by atoms with Crippen LogP contribution in [0.25, 0.3) is 0 Å². The van der Waals surface area contributed by atoms with Crippen LogP contribution in [-0.4, -0.2) is 60.1 Å². The molecule has 7 nitrogen and oxygen atoms in total. The number of hydrogen-bond donors (Lipinski definition) is 2. The van der Waals surface area contributed by atoms with Gasteiger partial charge in [0.1, 0.15) is 18.2 Å². The molecular weight excluding hydrogens is 356 g/mol. The summed E-state index contributed by atoms with van der Waals surface area (Å²) in [4.78, 5) is 10.6. The topological polar surface area (TPSA) is 79.7 Å². The number of benzene rings is 1. The molecule has 3 rings (SSSR count). The third-order valence-corrected chi connectivity index (χ3v) is 4.84. The lowest BCUT2D eigenvalue weighted by Gasteiger charge is -2.39. The lowest BCUT2D eigenvalue weighted by molar-refractivity contribution is 0.0258. The molecule has 0 aliphatic carbocycles. The van der Waals surface area contributed by atoms with E-state index in [1.54, 1.807) is 18.6 Å². The second-order valence-electron chi connectivity index (χ2n) is 7.11. The third-order valence-electron chi connectivity index (χ3n) is 4.84. The smallest absolute Gasteiger partial charge is 0.147 e. The van der Waals surface area contributed by atoms with Crippen molar-refractivity contribution < 1.29 is 14.6 Å². The third kappa shape index (κ3) is 6.15. The van der Waals surface area contributed by atoms with Gasteiger partial charge in [-0.15, -0.1) is 0 Å². The quantitative estimate of drug-likeness (QED) is 0.605. The molecule has 1 aliphatic rings. The number of β-amino-alcohol motifs (C(OH)–C–C–N with tert-alkyl or cyclic N) is 1. The fraction of sp³-hybridized carbons (Fsp3) is 0.524. The van der Waals surface area contributed by atoms with E-state index in [0.29, 0.717) is 39.5 Å². The van der Waals surface area contributed by atoms with Crippen molar-refractivity contribution >= 4 is 5.82 Å². The number of nitrogens with one attached hydrogen (secondary N) is 1. The van der Waals surface area contributed by atoms with Crippen LogP contribution in [0.15, 0.2) is 42.9 Å². The minimum atomic E-state index is -0.766. The highest BCUT2D eigenvalue weighted by Gasteiger charge is 2.33. The van der Waals surface area contributed by atoms with Gasteiger partial charge >= 0.3 is 0 Å². The highest BCUT2D eigenvalue weighted by Crippen LogP contribution is 2.24. The van der Waals surface area contributed by atoms with Crippen molar-refractivity contribution in [1.29, 1.82) is 0 Å². The van der Waals surface area contributed by atoms with Crippen molar-refractivity contribution in [2.75, 3.05) is 44.4 Å². The maximum absolute atomic E-state index is 11.0. The highest BCUT2D eigenvalue weighted by molar-refractivity contribution is 5.36. The van der Waals surface area contributed by atoms with E-state index >= 15 is 0 Å². The van der Waals surface area contributed by atoms with Crippen molar-refractivity contribution in [3.8, 4) is 5.75 Å². The predicted molar refractivity (Wildman–Crippen MR) is 109 cm³/mol. The van der Waals surface area contributed by atoms with E-state index in [4.69, 9.17) is 9.47 Å². The Hall–Kier alpha value is -2.22. The van der Waals surface area contributed by atoms with Crippen molar-refractivity contribution in [3.05, 3.63) is 48.4 Å². The van der Waals surface area contributed by atoms with E-state index in [9.17, 15) is 5.11 Å². The van der Waals surface area contributed by atoms with Gasteiger partial charge in [0.05, 0.1) is 18.4 Å². The van der Waals surface area contributed by atoms with Gasteiger partial charge in [0.25, 0.3) is 0 Å². The summed E-state index contributed by atoms with van der Waals surface area (Å²) >= 11 is 0. The van der Waals surface area contributed by atoms with Crippen molar-refractivity contribution in [2.45, 2.75) is 31.9 Å². The highest BCUT2D eigenvalue weighted by atomic mass is 16.5. The first kappa shape index (κ1) is 20.5. The summed E-state index contributed by atoms with van der Waals surface area (Å²) in [5.41, 5.74) is 0.389. The number of hydrogen-bond acceptors (Lipinski definition) is 7. The van der Waals surface area contributed by atoms with Gasteiger partial charge in [-0.3, -0.25) is 4.98 Å². The van der Waals surface area contributed by atoms with Crippen LogP contribution >= 0.6 is 0 Å². The van der Waals surface area contributed by atoms with Crippen molar-refractivity contribution in [3.63, 3.8) is 0 Å². The molecule has 152 valence electrons. The van der Waals surface area contributed by atoms with E-state index in [0.717, 1.165) is 36.5 Å². The molecule has 28 heavy (non-hydrogen) atoms. The molecule has 0 spiro atoms. The molecule has 2 N–H and O–H groups in total. The molecule has 0 unspecified atom stereocenters. The molecule has 7 heteroatoms. The molecule has 2 aromatic rings. The molecule has 2 heterocycles. The summed E-state index contributed by atoms with van der Waals surface area (Å²) in [5, 5.41) is 14.4. The molecule has 0 bridgehead atoms. The lowest BCUT2D eigenvalue weighted by atomic mass is 9.92. The van der Waals surface area contributed by atoms with E-state index in [1.807, 2.05) is 31.2 Å². The Balaban J connectivity index is 1.43. The molecule has 1 atom stereocenters. The molecule has 1 saturated heterocycles. The number of rotatable bonds is 10. The second-order valence-corrected chi connectivity index (χ2v) is 7.11. The van der Waals surface area contributed by atoms with Crippen LogP contribution in [0.5, 0.6) is 5.75 Å². The molecule has 1 aromatic carbocycles. The molecular formula is C21H30N4O3. The average Bonchev–Trinajstić information content (AvgIpc) is 2.73. The Morgan fingerprint density at radius 3 is 2.82 bits per heavy atom. The van der Waals surface area contributed by atoms with Crippen molar-refractivity contribution in [2.24, 2.45) is 0 Å². The Kier molecular flexibility index (Phi) is 7.59. The summed E-state index contributed by atoms with van der Waals surface area (Å²) in [5.74, 6) is 1.66. The van der Waals surface area contributed by atoms with Crippen molar-refractivity contribution in [1.82, 2.24) is 15.3 Å². The summed E-state index contributed by atoms with van der Waals surface area (Å²) in [7, 11) is 0. The van der Waals surface area contributed by atoms with Crippen LogP contribution in [0.3, 0.4) is 0 Å². The standard InChI is InChI=1S/C21H30N4O3/c1-2-27-12-13-28-19-6-4-18(5-7-19)14-23-16-21(26)8-3-11-25(17-21)20-15-22-9-10-24-20/h4-7,9-10,15,23,26H,2-3,8,11-14,16-17H2,1H3/t21-/m1/s1. The predicted octanol–water partition coefficient (Wildman–Crippen LogP) is 2.01. The minimum absolute atomic E-state index is 0.538. The molecule has 1 aromatic heterocycles. The summed E-state index contributed by atoms with van der Waals surface area (Å²) in [6, 6.07) is 8.02. The zero-order chi connectivity index (χ0) is 19.7. The summed E-state index contributed by atoms with van der Waals surface area (Å²) in [6.45, 7) is 6.53. The van der Waals surface area contributed by atoms with Gasteiger partial charge in [-0.25, -0.2) is 4.98 Å². The van der Waals surface area contributed by atoms with Gasteiger partial charge in [-0.2, -0.15) is 0 Å². The maximum Gasteiger partial charge on any atom is 0.147 e. The first-order valence-corrected chi connectivity index (χ1v) is 9.92. The van der Waals surface area contributed by atoms with Gasteiger partial charge in [-0.05, 0) is 37.5 Å². The number of piperidine rings is 1. The Morgan fingerprint density at radius 2 is 2.07 bits per heavy atom. The van der Waals surface area contributed by atoms with Gasteiger partial charge in [0, 0.05) is 45.2 Å². The molecule has 1 aliphatic heterocycles. The van der Waals surface area contributed by atoms with E-state index < -0.39 is 5.60 Å². The van der Waals surface area contributed by atoms with Crippen LogP contribution in [0, 0.1) is 0 Å². The van der Waals surface area contributed by atoms with Crippen LogP contribution in [-0.2, 0) is 11.3 Å². The van der Waals surface area contributed by atoms with Gasteiger partial charge in [0.15, 0.2) is 0 Å². The summed E-state index contributed by atoms with van der Waals surface area (Å²) < 4.78 is 10.9. The van der Waals surface area contributed by atoms with Crippen LogP contribution in [0.4, 0.5) is 5.82 Å².